The van der Waals surface area contributed by atoms with Gasteiger partial charge in [-0.25, -0.2) is 4.98 Å². The van der Waals surface area contributed by atoms with E-state index in [0.29, 0.717) is 11.2 Å². The molecule has 1 aliphatic rings. The topological polar surface area (TPSA) is 145 Å². The van der Waals surface area contributed by atoms with Gasteiger partial charge in [-0.2, -0.15) is 9.97 Å². The predicted molar refractivity (Wildman–Crippen MR) is 65.7 cm³/mol. The van der Waals surface area contributed by atoms with Crippen LogP contribution in [-0.4, -0.2) is 49.0 Å². The summed E-state index contributed by atoms with van der Waals surface area (Å²) in [5, 5.41) is 18.4. The SMILES string of the molecule is Nc1nc(N)c2ncn([C@@H]3O[C@@H](CO)[C@H]3CO)c2n1. The Morgan fingerprint density at radius 1 is 1.26 bits per heavy atom. The molecule has 1 saturated heterocycles. The monoisotopic (exact) mass is 266 g/mol. The molecule has 6 N–H and O–H groups in total. The lowest BCUT2D eigenvalue weighted by molar-refractivity contribution is -0.243. The Morgan fingerprint density at radius 3 is 2.74 bits per heavy atom. The lowest BCUT2D eigenvalue weighted by Crippen LogP contribution is -2.49. The van der Waals surface area contributed by atoms with Gasteiger partial charge in [-0.05, 0) is 0 Å². The molecule has 2 aromatic rings. The summed E-state index contributed by atoms with van der Waals surface area (Å²) < 4.78 is 7.13. The molecular weight excluding hydrogens is 252 g/mol. The van der Waals surface area contributed by atoms with Gasteiger partial charge in [-0.3, -0.25) is 4.57 Å². The van der Waals surface area contributed by atoms with Crippen LogP contribution in [0.4, 0.5) is 11.8 Å². The van der Waals surface area contributed by atoms with Crippen molar-refractivity contribution in [3.8, 4) is 0 Å². The van der Waals surface area contributed by atoms with Crippen LogP contribution >= 0.6 is 0 Å². The fraction of sp³-hybridized carbons (Fsp3) is 0.500. The standard InChI is InChI=1S/C10H14N6O3/c11-7-6-8(15-10(12)14-7)16(3-13-6)9-4(1-17)5(2-18)19-9/h3-5,9,17-18H,1-2H2,(H4,11,12,14,15)/t4-,5+,9-/m1/s1. The van der Waals surface area contributed by atoms with Crippen molar-refractivity contribution in [1.82, 2.24) is 19.5 Å². The zero-order chi connectivity index (χ0) is 13.6. The number of aliphatic hydroxyl groups excluding tert-OH is 2. The van der Waals surface area contributed by atoms with Gasteiger partial charge in [0.15, 0.2) is 11.5 Å². The molecule has 1 aliphatic heterocycles. The summed E-state index contributed by atoms with van der Waals surface area (Å²) in [6, 6.07) is 0. The number of fused-ring (bicyclic) bond motifs is 1. The average molecular weight is 266 g/mol. The van der Waals surface area contributed by atoms with E-state index in [2.05, 4.69) is 15.0 Å². The largest absolute Gasteiger partial charge is 0.396 e. The van der Waals surface area contributed by atoms with Crippen molar-refractivity contribution in [2.75, 3.05) is 24.7 Å². The van der Waals surface area contributed by atoms with Gasteiger partial charge in [0.05, 0.1) is 31.6 Å². The van der Waals surface area contributed by atoms with E-state index in [1.807, 2.05) is 0 Å². The van der Waals surface area contributed by atoms with Crippen molar-refractivity contribution in [2.24, 2.45) is 5.92 Å². The normalized spacial score (nSPS) is 26.5. The van der Waals surface area contributed by atoms with E-state index < -0.39 is 6.23 Å². The Hall–Kier alpha value is -1.97. The summed E-state index contributed by atoms with van der Waals surface area (Å²) in [6.45, 7) is -0.251. The first-order valence-electron chi connectivity index (χ1n) is 5.78. The number of nitrogen functional groups attached to an aromatic ring is 2. The molecular formula is C10H14N6O3. The molecule has 3 atom stereocenters. The molecule has 0 spiro atoms. The minimum Gasteiger partial charge on any atom is -0.396 e. The Balaban J connectivity index is 2.02. The summed E-state index contributed by atoms with van der Waals surface area (Å²) >= 11 is 0. The molecule has 19 heavy (non-hydrogen) atoms. The van der Waals surface area contributed by atoms with Gasteiger partial charge in [-0.1, -0.05) is 0 Å². The number of hydrogen-bond donors (Lipinski definition) is 4. The summed E-state index contributed by atoms with van der Waals surface area (Å²) in [6.07, 6.45) is 0.681. The maximum Gasteiger partial charge on any atom is 0.224 e. The molecule has 3 heterocycles. The second kappa shape index (κ2) is 4.30. The number of ether oxygens (including phenoxy) is 1. The van der Waals surface area contributed by atoms with Gasteiger partial charge >= 0.3 is 0 Å². The van der Waals surface area contributed by atoms with Crippen molar-refractivity contribution in [3.05, 3.63) is 6.33 Å². The van der Waals surface area contributed by atoms with Gasteiger partial charge in [0.1, 0.15) is 11.7 Å². The van der Waals surface area contributed by atoms with Crippen LogP contribution in [0.1, 0.15) is 6.23 Å². The number of hydrogen-bond acceptors (Lipinski definition) is 8. The Morgan fingerprint density at radius 2 is 2.05 bits per heavy atom. The minimum atomic E-state index is -0.444. The molecule has 0 amide bonds. The molecule has 3 rings (SSSR count). The van der Waals surface area contributed by atoms with Crippen molar-refractivity contribution >= 4 is 22.9 Å². The number of nitrogens with two attached hydrogens (primary N) is 2. The van der Waals surface area contributed by atoms with E-state index in [1.165, 1.54) is 6.33 Å². The Bertz CT molecular complexity index is 615. The summed E-state index contributed by atoms with van der Waals surface area (Å²) in [7, 11) is 0. The number of rotatable bonds is 3. The van der Waals surface area contributed by atoms with Crippen LogP contribution in [0.25, 0.3) is 11.2 Å². The van der Waals surface area contributed by atoms with E-state index in [9.17, 15) is 5.11 Å². The molecule has 9 nitrogen and oxygen atoms in total. The second-order valence-corrected chi connectivity index (χ2v) is 4.39. The summed E-state index contributed by atoms with van der Waals surface area (Å²) in [5.74, 6) is 0.0185. The van der Waals surface area contributed by atoms with Gasteiger partial charge in [-0.15, -0.1) is 0 Å². The van der Waals surface area contributed by atoms with Crippen LogP contribution in [0.15, 0.2) is 6.33 Å². The lowest BCUT2D eigenvalue weighted by atomic mass is 9.95. The highest BCUT2D eigenvalue weighted by atomic mass is 16.5. The quantitative estimate of drug-likeness (QED) is 0.524. The zero-order valence-electron chi connectivity index (χ0n) is 9.97. The molecule has 0 radical (unpaired) electrons. The Labute approximate surface area is 107 Å². The summed E-state index contributed by atoms with van der Waals surface area (Å²) in [5.41, 5.74) is 12.2. The number of aromatic nitrogens is 4. The van der Waals surface area contributed by atoms with E-state index in [4.69, 9.17) is 21.3 Å². The van der Waals surface area contributed by atoms with Crippen LogP contribution in [0.3, 0.4) is 0 Å². The highest BCUT2D eigenvalue weighted by Gasteiger charge is 2.43. The van der Waals surface area contributed by atoms with Crippen LogP contribution in [-0.2, 0) is 4.74 Å². The van der Waals surface area contributed by atoms with Gasteiger partial charge in [0.2, 0.25) is 5.95 Å². The zero-order valence-corrected chi connectivity index (χ0v) is 9.97. The number of nitrogens with zero attached hydrogens (tertiary/aromatic N) is 4. The molecule has 9 heteroatoms. The minimum absolute atomic E-state index is 0.0466. The van der Waals surface area contributed by atoms with Gasteiger partial charge in [0, 0.05) is 0 Å². The van der Waals surface area contributed by atoms with Crippen molar-refractivity contribution < 1.29 is 14.9 Å². The smallest absolute Gasteiger partial charge is 0.224 e. The second-order valence-electron chi connectivity index (χ2n) is 4.39. The van der Waals surface area contributed by atoms with Crippen molar-refractivity contribution in [3.63, 3.8) is 0 Å². The fourth-order valence-corrected chi connectivity index (χ4v) is 2.28. The molecule has 2 aromatic heterocycles. The van der Waals surface area contributed by atoms with E-state index in [0.717, 1.165) is 0 Å². The molecule has 0 aliphatic carbocycles. The first-order valence-corrected chi connectivity index (χ1v) is 5.78. The van der Waals surface area contributed by atoms with Crippen molar-refractivity contribution in [2.45, 2.75) is 12.3 Å². The van der Waals surface area contributed by atoms with Gasteiger partial charge < -0.3 is 26.4 Å². The van der Waals surface area contributed by atoms with Crippen LogP contribution in [0, 0.1) is 5.92 Å². The van der Waals surface area contributed by atoms with E-state index >= 15 is 0 Å². The maximum absolute atomic E-state index is 9.33. The van der Waals surface area contributed by atoms with E-state index in [1.54, 1.807) is 4.57 Å². The molecule has 0 unspecified atom stereocenters. The highest BCUT2D eigenvalue weighted by Crippen LogP contribution is 2.38. The first kappa shape index (κ1) is 12.1. The average Bonchev–Trinajstić information content (AvgIpc) is 2.73. The Kier molecular flexibility index (Phi) is 2.73. The third-order valence-electron chi connectivity index (χ3n) is 3.29. The number of imidazole rings is 1. The van der Waals surface area contributed by atoms with E-state index in [-0.39, 0.29) is 37.0 Å². The third kappa shape index (κ3) is 1.70. The molecule has 1 fully saturated rings. The van der Waals surface area contributed by atoms with Gasteiger partial charge in [0.25, 0.3) is 0 Å². The number of anilines is 2. The van der Waals surface area contributed by atoms with Crippen molar-refractivity contribution in [1.29, 1.82) is 0 Å². The maximum atomic E-state index is 9.33. The van der Waals surface area contributed by atoms with Crippen LogP contribution in [0.5, 0.6) is 0 Å². The highest BCUT2D eigenvalue weighted by molar-refractivity contribution is 5.82. The number of aliphatic hydroxyl groups is 2. The van der Waals surface area contributed by atoms with Crippen LogP contribution in [0.2, 0.25) is 0 Å². The molecule has 0 aromatic carbocycles. The summed E-state index contributed by atoms with van der Waals surface area (Å²) in [4.78, 5) is 12.0. The molecule has 102 valence electrons. The predicted octanol–water partition coefficient (Wildman–Crippen LogP) is -1.51. The molecule has 0 bridgehead atoms. The first-order chi connectivity index (χ1) is 9.15. The third-order valence-corrected chi connectivity index (χ3v) is 3.29. The fourth-order valence-electron chi connectivity index (χ4n) is 2.28. The van der Waals surface area contributed by atoms with Crippen LogP contribution < -0.4 is 11.5 Å². The lowest BCUT2D eigenvalue weighted by Gasteiger charge is -2.43. The molecule has 0 saturated carbocycles.